The highest BCUT2D eigenvalue weighted by molar-refractivity contribution is 5.94. The molecule has 1 aromatic rings. The maximum atomic E-state index is 12.1. The highest BCUT2D eigenvalue weighted by Crippen LogP contribution is 2.44. The Bertz CT molecular complexity index is 423. The van der Waals surface area contributed by atoms with Crippen molar-refractivity contribution in [3.8, 4) is 0 Å². The van der Waals surface area contributed by atoms with Crippen LogP contribution in [0.25, 0.3) is 0 Å². The molecule has 0 saturated heterocycles. The number of nitrogens with one attached hydrogen (secondary N) is 1. The summed E-state index contributed by atoms with van der Waals surface area (Å²) in [6.45, 7) is 2.04. The van der Waals surface area contributed by atoms with Crippen LogP contribution < -0.4 is 5.32 Å². The van der Waals surface area contributed by atoms with Crippen LogP contribution in [0.3, 0.4) is 0 Å². The van der Waals surface area contributed by atoms with Gasteiger partial charge in [-0.3, -0.25) is 4.79 Å². The zero-order chi connectivity index (χ0) is 11.8. The fraction of sp³-hybridized carbons (Fsp3) is 0.533. The fourth-order valence-electron chi connectivity index (χ4n) is 3.38. The molecular formula is C15H19NO. The van der Waals surface area contributed by atoms with E-state index in [1.54, 1.807) is 0 Å². The van der Waals surface area contributed by atoms with Crippen LogP contribution in [0.2, 0.25) is 0 Å². The average molecular weight is 229 g/mol. The zero-order valence-corrected chi connectivity index (χ0v) is 10.3. The van der Waals surface area contributed by atoms with Gasteiger partial charge in [0.25, 0.3) is 5.91 Å². The van der Waals surface area contributed by atoms with Crippen molar-refractivity contribution < 1.29 is 4.79 Å². The molecule has 2 bridgehead atoms. The summed E-state index contributed by atoms with van der Waals surface area (Å²) in [4.78, 5) is 12.1. The van der Waals surface area contributed by atoms with Gasteiger partial charge in [-0.05, 0) is 50.2 Å². The van der Waals surface area contributed by atoms with Gasteiger partial charge in [0.1, 0.15) is 0 Å². The molecule has 0 heterocycles. The molecule has 1 amide bonds. The predicted molar refractivity (Wildman–Crippen MR) is 67.9 cm³/mol. The molecule has 1 N–H and O–H groups in total. The molecule has 0 aromatic heterocycles. The molecule has 2 aliphatic carbocycles. The van der Waals surface area contributed by atoms with Crippen molar-refractivity contribution in [3.63, 3.8) is 0 Å². The van der Waals surface area contributed by atoms with E-state index in [2.05, 4.69) is 5.32 Å². The van der Waals surface area contributed by atoms with Gasteiger partial charge in [-0.15, -0.1) is 0 Å². The number of carbonyl (C=O) groups excluding carboxylic acids is 1. The Kier molecular flexibility index (Phi) is 2.65. The Labute approximate surface area is 102 Å². The minimum absolute atomic E-state index is 0.0996. The van der Waals surface area contributed by atoms with Gasteiger partial charge in [-0.1, -0.05) is 24.1 Å². The van der Waals surface area contributed by atoms with Crippen LogP contribution in [0, 0.1) is 18.8 Å². The van der Waals surface area contributed by atoms with Crippen LogP contribution in [-0.2, 0) is 0 Å². The molecule has 90 valence electrons. The van der Waals surface area contributed by atoms with Crippen LogP contribution >= 0.6 is 0 Å². The van der Waals surface area contributed by atoms with Crippen molar-refractivity contribution in [2.24, 2.45) is 11.8 Å². The first-order valence-corrected chi connectivity index (χ1v) is 6.60. The molecule has 3 rings (SSSR count). The van der Waals surface area contributed by atoms with E-state index >= 15 is 0 Å². The maximum Gasteiger partial charge on any atom is 0.251 e. The number of amides is 1. The van der Waals surface area contributed by atoms with Gasteiger partial charge in [0.15, 0.2) is 0 Å². The van der Waals surface area contributed by atoms with E-state index in [0.717, 1.165) is 17.4 Å². The van der Waals surface area contributed by atoms with Crippen molar-refractivity contribution in [1.82, 2.24) is 5.32 Å². The molecule has 2 heteroatoms. The number of rotatable bonds is 2. The lowest BCUT2D eigenvalue weighted by Gasteiger charge is -2.22. The minimum atomic E-state index is 0.0996. The SMILES string of the molecule is Cc1ccc(C(=O)N[C@@H]2C[C@@H]3CC[C@@H]2C3)cc1. The van der Waals surface area contributed by atoms with Gasteiger partial charge in [0, 0.05) is 11.6 Å². The third-order valence-corrected chi connectivity index (χ3v) is 4.37. The molecule has 17 heavy (non-hydrogen) atoms. The molecule has 0 radical (unpaired) electrons. The van der Waals surface area contributed by atoms with Crippen molar-refractivity contribution in [1.29, 1.82) is 0 Å². The van der Waals surface area contributed by atoms with E-state index < -0.39 is 0 Å². The topological polar surface area (TPSA) is 29.1 Å². The summed E-state index contributed by atoms with van der Waals surface area (Å²) in [5.74, 6) is 1.72. The summed E-state index contributed by atoms with van der Waals surface area (Å²) in [6, 6.07) is 8.25. The number of hydrogen-bond donors (Lipinski definition) is 1. The molecule has 0 aliphatic heterocycles. The first-order valence-electron chi connectivity index (χ1n) is 6.60. The second kappa shape index (κ2) is 4.17. The number of hydrogen-bond acceptors (Lipinski definition) is 1. The smallest absolute Gasteiger partial charge is 0.251 e. The van der Waals surface area contributed by atoms with Gasteiger partial charge in [0.2, 0.25) is 0 Å². The Morgan fingerprint density at radius 3 is 2.53 bits per heavy atom. The molecular weight excluding hydrogens is 210 g/mol. The van der Waals surface area contributed by atoms with Gasteiger partial charge >= 0.3 is 0 Å². The van der Waals surface area contributed by atoms with Crippen LogP contribution in [0.15, 0.2) is 24.3 Å². The molecule has 1 aromatic carbocycles. The number of benzene rings is 1. The molecule has 2 nitrogen and oxygen atoms in total. The molecule has 0 unspecified atom stereocenters. The summed E-state index contributed by atoms with van der Waals surface area (Å²) in [7, 11) is 0. The van der Waals surface area contributed by atoms with Gasteiger partial charge < -0.3 is 5.32 Å². The van der Waals surface area contributed by atoms with Crippen LogP contribution in [0.5, 0.6) is 0 Å². The van der Waals surface area contributed by atoms with Gasteiger partial charge in [-0.2, -0.15) is 0 Å². The van der Waals surface area contributed by atoms with Crippen LogP contribution in [0.4, 0.5) is 0 Å². The van der Waals surface area contributed by atoms with Crippen molar-refractivity contribution >= 4 is 5.91 Å². The predicted octanol–water partition coefficient (Wildman–Crippen LogP) is 2.91. The third kappa shape index (κ3) is 2.08. The van der Waals surface area contributed by atoms with E-state index in [0.29, 0.717) is 6.04 Å². The fourth-order valence-corrected chi connectivity index (χ4v) is 3.38. The highest BCUT2D eigenvalue weighted by atomic mass is 16.1. The Balaban J connectivity index is 1.65. The summed E-state index contributed by atoms with van der Waals surface area (Å²) in [5, 5.41) is 3.21. The molecule has 3 atom stereocenters. The average Bonchev–Trinajstić information content (AvgIpc) is 2.91. The summed E-state index contributed by atoms with van der Waals surface area (Å²) >= 11 is 0. The zero-order valence-electron chi connectivity index (χ0n) is 10.3. The number of fused-ring (bicyclic) bond motifs is 2. The van der Waals surface area contributed by atoms with E-state index in [-0.39, 0.29) is 5.91 Å². The maximum absolute atomic E-state index is 12.1. The quantitative estimate of drug-likeness (QED) is 0.830. The lowest BCUT2D eigenvalue weighted by Crippen LogP contribution is -2.38. The second-order valence-electron chi connectivity index (χ2n) is 5.62. The monoisotopic (exact) mass is 229 g/mol. The van der Waals surface area contributed by atoms with Gasteiger partial charge in [-0.25, -0.2) is 0 Å². The summed E-state index contributed by atoms with van der Waals surface area (Å²) in [6.07, 6.45) is 5.21. The van der Waals surface area contributed by atoms with Gasteiger partial charge in [0.05, 0.1) is 0 Å². The van der Waals surface area contributed by atoms with E-state index in [4.69, 9.17) is 0 Å². The summed E-state index contributed by atoms with van der Waals surface area (Å²) in [5.41, 5.74) is 1.99. The van der Waals surface area contributed by atoms with E-state index in [1.807, 2.05) is 31.2 Å². The molecule has 0 spiro atoms. The van der Waals surface area contributed by atoms with E-state index in [9.17, 15) is 4.79 Å². The second-order valence-corrected chi connectivity index (χ2v) is 5.62. The molecule has 2 aliphatic rings. The Morgan fingerprint density at radius 2 is 1.94 bits per heavy atom. The van der Waals surface area contributed by atoms with Crippen LogP contribution in [-0.4, -0.2) is 11.9 Å². The van der Waals surface area contributed by atoms with Crippen molar-refractivity contribution in [2.45, 2.75) is 38.6 Å². The van der Waals surface area contributed by atoms with Crippen LogP contribution in [0.1, 0.15) is 41.6 Å². The lowest BCUT2D eigenvalue weighted by molar-refractivity contribution is 0.0923. The van der Waals surface area contributed by atoms with E-state index in [1.165, 1.54) is 31.2 Å². The minimum Gasteiger partial charge on any atom is -0.349 e. The lowest BCUT2D eigenvalue weighted by atomic mass is 9.95. The number of aryl methyl sites for hydroxylation is 1. The third-order valence-electron chi connectivity index (χ3n) is 4.37. The highest BCUT2D eigenvalue weighted by Gasteiger charge is 2.40. The first kappa shape index (κ1) is 10.8. The normalized spacial score (nSPS) is 30.5. The molecule has 2 fully saturated rings. The van der Waals surface area contributed by atoms with Crippen molar-refractivity contribution in [3.05, 3.63) is 35.4 Å². The Morgan fingerprint density at radius 1 is 1.18 bits per heavy atom. The first-order chi connectivity index (χ1) is 8.22. The number of carbonyl (C=O) groups is 1. The summed E-state index contributed by atoms with van der Waals surface area (Å²) < 4.78 is 0. The molecule has 2 saturated carbocycles. The van der Waals surface area contributed by atoms with Crippen molar-refractivity contribution in [2.75, 3.05) is 0 Å². The Hall–Kier alpha value is -1.31. The largest absolute Gasteiger partial charge is 0.349 e. The standard InChI is InChI=1S/C15H19NO/c1-10-2-5-12(6-3-10)15(17)16-14-9-11-4-7-13(14)8-11/h2-3,5-6,11,13-14H,4,7-9H2,1H3,(H,16,17)/t11-,13-,14-/m1/s1.